The van der Waals surface area contributed by atoms with Gasteiger partial charge in [-0.15, -0.1) is 0 Å². The van der Waals surface area contributed by atoms with Crippen molar-refractivity contribution in [1.29, 1.82) is 0 Å². The molecule has 0 fully saturated rings. The molecule has 0 aliphatic carbocycles. The summed E-state index contributed by atoms with van der Waals surface area (Å²) in [7, 11) is 1.66. The van der Waals surface area contributed by atoms with E-state index in [1.807, 2.05) is 10.7 Å². The molecule has 0 amide bonds. The van der Waals surface area contributed by atoms with Gasteiger partial charge in [-0.25, -0.2) is 4.68 Å². The molecule has 0 radical (unpaired) electrons. The van der Waals surface area contributed by atoms with Crippen molar-refractivity contribution in [2.75, 3.05) is 7.11 Å². The predicted molar refractivity (Wildman–Crippen MR) is 55.0 cm³/mol. The number of rotatable bonds is 3. The Morgan fingerprint density at radius 3 is 2.46 bits per heavy atom. The number of aryl methyl sites for hydroxylation is 1. The molecule has 3 nitrogen and oxygen atoms in total. The van der Waals surface area contributed by atoms with Crippen LogP contribution < -0.4 is 4.74 Å². The topological polar surface area (TPSA) is 27.1 Å². The van der Waals surface area contributed by atoms with E-state index in [2.05, 4.69) is 25.9 Å². The first-order chi connectivity index (χ1) is 6.29. The van der Waals surface area contributed by atoms with Gasteiger partial charge in [0, 0.05) is 12.6 Å². The Morgan fingerprint density at radius 1 is 1.38 bits per heavy atom. The highest BCUT2D eigenvalue weighted by Gasteiger charge is 1.97. The molecule has 0 saturated heterocycles. The minimum absolute atomic E-state index is 0.835. The van der Waals surface area contributed by atoms with Gasteiger partial charge in [-0.1, -0.05) is 27.2 Å². The van der Waals surface area contributed by atoms with Crippen LogP contribution in [0.4, 0.5) is 0 Å². The average Bonchev–Trinajstić information content (AvgIpc) is 2.54. The van der Waals surface area contributed by atoms with E-state index in [4.69, 9.17) is 4.74 Å². The summed E-state index contributed by atoms with van der Waals surface area (Å²) in [6, 6.07) is 1.86. The van der Waals surface area contributed by atoms with E-state index in [1.165, 1.54) is 6.42 Å². The van der Waals surface area contributed by atoms with E-state index < -0.39 is 0 Å². The van der Waals surface area contributed by atoms with Crippen LogP contribution in [0.3, 0.4) is 0 Å². The molecule has 0 atom stereocenters. The van der Waals surface area contributed by atoms with Gasteiger partial charge in [0.15, 0.2) is 0 Å². The standard InChI is InChI=1S/C7H12N2O.C3H8/c1-3-6-9-7(10-2)4-5-8-9;1-3-2/h4-5H,3,6H2,1-2H3;3H2,1-2H3. The molecule has 0 aliphatic heterocycles. The lowest BCUT2D eigenvalue weighted by Gasteiger charge is -2.02. The van der Waals surface area contributed by atoms with Gasteiger partial charge in [0.2, 0.25) is 5.88 Å². The second-order valence-corrected chi connectivity index (χ2v) is 2.80. The van der Waals surface area contributed by atoms with E-state index in [1.54, 1.807) is 13.3 Å². The molecule has 0 aromatic carbocycles. The zero-order valence-corrected chi connectivity index (χ0v) is 9.08. The molecule has 0 saturated carbocycles. The van der Waals surface area contributed by atoms with Crippen LogP contribution >= 0.6 is 0 Å². The van der Waals surface area contributed by atoms with Crippen molar-refractivity contribution in [3.05, 3.63) is 12.3 Å². The lowest BCUT2D eigenvalue weighted by Crippen LogP contribution is -2.01. The number of hydrogen-bond acceptors (Lipinski definition) is 2. The van der Waals surface area contributed by atoms with Crippen molar-refractivity contribution in [2.45, 2.75) is 40.2 Å². The largest absolute Gasteiger partial charge is 0.481 e. The van der Waals surface area contributed by atoms with Gasteiger partial charge >= 0.3 is 0 Å². The zero-order valence-electron chi connectivity index (χ0n) is 9.08. The van der Waals surface area contributed by atoms with Crippen LogP contribution in [0.2, 0.25) is 0 Å². The van der Waals surface area contributed by atoms with E-state index in [9.17, 15) is 0 Å². The van der Waals surface area contributed by atoms with Crippen LogP contribution in [-0.4, -0.2) is 16.9 Å². The van der Waals surface area contributed by atoms with Crippen molar-refractivity contribution in [3.63, 3.8) is 0 Å². The second kappa shape index (κ2) is 7.65. The number of aromatic nitrogens is 2. The number of ether oxygens (including phenoxy) is 1. The van der Waals surface area contributed by atoms with Gasteiger partial charge in [-0.05, 0) is 6.42 Å². The Balaban J connectivity index is 0.000000424. The quantitative estimate of drug-likeness (QED) is 0.722. The van der Waals surface area contributed by atoms with Crippen LogP contribution in [0.25, 0.3) is 0 Å². The van der Waals surface area contributed by atoms with E-state index in [-0.39, 0.29) is 0 Å². The first-order valence-electron chi connectivity index (χ1n) is 4.85. The zero-order chi connectivity index (χ0) is 10.1. The summed E-state index contributed by atoms with van der Waals surface area (Å²) in [4.78, 5) is 0. The van der Waals surface area contributed by atoms with Crippen molar-refractivity contribution in [3.8, 4) is 5.88 Å². The maximum atomic E-state index is 5.04. The lowest BCUT2D eigenvalue weighted by molar-refractivity contribution is 0.359. The Bertz CT molecular complexity index is 208. The molecular formula is C10H20N2O. The van der Waals surface area contributed by atoms with E-state index in [0.29, 0.717) is 0 Å². The third-order valence-corrected chi connectivity index (χ3v) is 1.32. The van der Waals surface area contributed by atoms with Crippen molar-refractivity contribution < 1.29 is 4.74 Å². The molecule has 1 heterocycles. The van der Waals surface area contributed by atoms with Crippen LogP contribution in [0.1, 0.15) is 33.6 Å². The normalized spacial score (nSPS) is 8.92. The minimum Gasteiger partial charge on any atom is -0.481 e. The predicted octanol–water partition coefficient (Wildman–Crippen LogP) is 2.72. The summed E-state index contributed by atoms with van der Waals surface area (Å²) in [5.41, 5.74) is 0. The molecule has 13 heavy (non-hydrogen) atoms. The highest BCUT2D eigenvalue weighted by atomic mass is 16.5. The van der Waals surface area contributed by atoms with Crippen LogP contribution in [0, 0.1) is 0 Å². The van der Waals surface area contributed by atoms with Gasteiger partial charge < -0.3 is 4.74 Å². The number of methoxy groups -OCH3 is 1. The summed E-state index contributed by atoms with van der Waals surface area (Å²) >= 11 is 0. The van der Waals surface area contributed by atoms with Crippen LogP contribution in [-0.2, 0) is 6.54 Å². The molecule has 1 aromatic rings. The first kappa shape index (κ1) is 12.0. The SMILES string of the molecule is CCC.CCCn1nccc1OC. The van der Waals surface area contributed by atoms with Crippen LogP contribution in [0.15, 0.2) is 12.3 Å². The molecule has 0 N–H and O–H groups in total. The second-order valence-electron chi connectivity index (χ2n) is 2.80. The molecular weight excluding hydrogens is 164 g/mol. The smallest absolute Gasteiger partial charge is 0.211 e. The van der Waals surface area contributed by atoms with E-state index in [0.717, 1.165) is 18.8 Å². The maximum Gasteiger partial charge on any atom is 0.211 e. The molecule has 0 spiro atoms. The Morgan fingerprint density at radius 2 is 2.00 bits per heavy atom. The first-order valence-corrected chi connectivity index (χ1v) is 4.85. The number of hydrogen-bond donors (Lipinski definition) is 0. The Labute approximate surface area is 80.7 Å². The highest BCUT2D eigenvalue weighted by Crippen LogP contribution is 2.07. The summed E-state index contributed by atoms with van der Waals surface area (Å²) in [6.45, 7) is 7.29. The fourth-order valence-corrected chi connectivity index (χ4v) is 0.874. The fourth-order valence-electron chi connectivity index (χ4n) is 0.874. The highest BCUT2D eigenvalue weighted by molar-refractivity contribution is 5.06. The summed E-state index contributed by atoms with van der Waals surface area (Å²) in [6.07, 6.45) is 4.08. The van der Waals surface area contributed by atoms with Gasteiger partial charge in [0.1, 0.15) is 0 Å². The molecule has 0 unspecified atom stereocenters. The average molecular weight is 184 g/mol. The number of nitrogens with zero attached hydrogens (tertiary/aromatic N) is 2. The van der Waals surface area contributed by atoms with Crippen LogP contribution in [0.5, 0.6) is 5.88 Å². The Kier molecular flexibility index (Phi) is 7.07. The minimum atomic E-state index is 0.835. The van der Waals surface area contributed by atoms with Crippen molar-refractivity contribution >= 4 is 0 Å². The molecule has 1 aromatic heterocycles. The van der Waals surface area contributed by atoms with Gasteiger partial charge in [0.05, 0.1) is 13.3 Å². The monoisotopic (exact) mass is 184 g/mol. The van der Waals surface area contributed by atoms with E-state index >= 15 is 0 Å². The molecule has 3 heteroatoms. The van der Waals surface area contributed by atoms with Gasteiger partial charge in [-0.3, -0.25) is 0 Å². The van der Waals surface area contributed by atoms with Gasteiger partial charge in [0.25, 0.3) is 0 Å². The van der Waals surface area contributed by atoms with Crippen molar-refractivity contribution in [2.24, 2.45) is 0 Å². The molecule has 76 valence electrons. The summed E-state index contributed by atoms with van der Waals surface area (Å²) in [5, 5.41) is 4.07. The lowest BCUT2D eigenvalue weighted by atomic mass is 10.5. The van der Waals surface area contributed by atoms with Gasteiger partial charge in [-0.2, -0.15) is 5.10 Å². The Hall–Kier alpha value is -0.990. The third-order valence-electron chi connectivity index (χ3n) is 1.32. The maximum absolute atomic E-state index is 5.04. The van der Waals surface area contributed by atoms with Crippen molar-refractivity contribution in [1.82, 2.24) is 9.78 Å². The molecule has 1 rings (SSSR count). The fraction of sp³-hybridized carbons (Fsp3) is 0.700. The summed E-state index contributed by atoms with van der Waals surface area (Å²) in [5.74, 6) is 0.835. The summed E-state index contributed by atoms with van der Waals surface area (Å²) < 4.78 is 6.89. The molecule has 0 aliphatic rings. The molecule has 0 bridgehead atoms. The third kappa shape index (κ3) is 4.55.